The average molecular weight is 253 g/mol. The van der Waals surface area contributed by atoms with Gasteiger partial charge in [-0.05, 0) is 0 Å². The van der Waals surface area contributed by atoms with Crippen molar-refractivity contribution >= 4 is 11.9 Å². The first kappa shape index (κ1) is 11.7. The lowest BCUT2D eigenvalue weighted by Crippen LogP contribution is -2.61. The van der Waals surface area contributed by atoms with E-state index >= 15 is 0 Å². The van der Waals surface area contributed by atoms with E-state index in [0.717, 1.165) is 13.1 Å². The zero-order chi connectivity index (χ0) is 12.5. The molecule has 100 valence electrons. The first-order valence-corrected chi connectivity index (χ1v) is 6.53. The molecule has 0 aliphatic carbocycles. The molecule has 3 amide bonds. The van der Waals surface area contributed by atoms with E-state index in [0.29, 0.717) is 32.7 Å². The molecule has 18 heavy (non-hydrogen) atoms. The van der Waals surface area contributed by atoms with Gasteiger partial charge in [0.1, 0.15) is 0 Å². The lowest BCUT2D eigenvalue weighted by Gasteiger charge is -2.38. The number of rotatable bonds is 1. The molecule has 0 saturated carbocycles. The van der Waals surface area contributed by atoms with Crippen LogP contribution in [0, 0.1) is 0 Å². The molecule has 2 unspecified atom stereocenters. The number of nitrogens with one attached hydrogen (secondary N) is 3. The Labute approximate surface area is 106 Å². The van der Waals surface area contributed by atoms with Crippen molar-refractivity contribution < 1.29 is 9.59 Å². The number of hydrogen-bond donors (Lipinski definition) is 3. The third-order valence-electron chi connectivity index (χ3n) is 3.88. The van der Waals surface area contributed by atoms with Crippen LogP contribution in [0.25, 0.3) is 0 Å². The van der Waals surface area contributed by atoms with E-state index in [1.165, 1.54) is 0 Å². The largest absolute Gasteiger partial charge is 0.337 e. The molecular formula is C11H19N5O2. The van der Waals surface area contributed by atoms with Crippen molar-refractivity contribution in [1.29, 1.82) is 0 Å². The van der Waals surface area contributed by atoms with Gasteiger partial charge in [0.05, 0.1) is 12.1 Å². The summed E-state index contributed by atoms with van der Waals surface area (Å²) in [5, 5.41) is 9.28. The molecule has 0 aromatic carbocycles. The average Bonchev–Trinajstić information content (AvgIpc) is 2.80. The van der Waals surface area contributed by atoms with Gasteiger partial charge in [-0.1, -0.05) is 0 Å². The van der Waals surface area contributed by atoms with Crippen molar-refractivity contribution in [2.45, 2.75) is 12.1 Å². The van der Waals surface area contributed by atoms with E-state index in [1.807, 2.05) is 9.80 Å². The molecule has 0 aromatic rings. The third-order valence-corrected chi connectivity index (χ3v) is 3.88. The maximum atomic E-state index is 12.3. The second-order valence-electron chi connectivity index (χ2n) is 5.03. The number of piperazine rings is 2. The fourth-order valence-electron chi connectivity index (χ4n) is 2.85. The minimum Gasteiger partial charge on any atom is -0.337 e. The third kappa shape index (κ3) is 2.04. The summed E-state index contributed by atoms with van der Waals surface area (Å²) in [6.45, 7) is 5.03. The fourth-order valence-corrected chi connectivity index (χ4v) is 2.85. The van der Waals surface area contributed by atoms with Crippen LogP contribution in [0.5, 0.6) is 0 Å². The molecule has 3 aliphatic rings. The van der Waals surface area contributed by atoms with E-state index in [2.05, 4.69) is 16.0 Å². The summed E-state index contributed by atoms with van der Waals surface area (Å²) in [7, 11) is 0. The first-order chi connectivity index (χ1) is 8.75. The molecule has 3 fully saturated rings. The van der Waals surface area contributed by atoms with Gasteiger partial charge in [0, 0.05) is 45.8 Å². The van der Waals surface area contributed by atoms with Crippen molar-refractivity contribution in [2.24, 2.45) is 0 Å². The van der Waals surface area contributed by atoms with Gasteiger partial charge in [0.15, 0.2) is 0 Å². The van der Waals surface area contributed by atoms with Gasteiger partial charge in [-0.3, -0.25) is 4.79 Å². The van der Waals surface area contributed by atoms with Crippen LogP contribution in [-0.4, -0.2) is 79.6 Å². The molecule has 3 heterocycles. The Hall–Kier alpha value is -1.34. The predicted octanol–water partition coefficient (Wildman–Crippen LogP) is -2.22. The van der Waals surface area contributed by atoms with Crippen molar-refractivity contribution in [3.8, 4) is 0 Å². The monoisotopic (exact) mass is 253 g/mol. The highest BCUT2D eigenvalue weighted by Crippen LogP contribution is 2.15. The summed E-state index contributed by atoms with van der Waals surface area (Å²) in [6.07, 6.45) is 0. The highest BCUT2D eigenvalue weighted by molar-refractivity contribution is 5.83. The summed E-state index contributed by atoms with van der Waals surface area (Å²) in [4.78, 5) is 27.5. The molecule has 3 N–H and O–H groups in total. The zero-order valence-corrected chi connectivity index (χ0v) is 10.3. The van der Waals surface area contributed by atoms with Crippen LogP contribution in [0.3, 0.4) is 0 Å². The molecule has 0 spiro atoms. The lowest BCUT2D eigenvalue weighted by atomic mass is 10.1. The summed E-state index contributed by atoms with van der Waals surface area (Å²) < 4.78 is 0. The predicted molar refractivity (Wildman–Crippen MR) is 65.1 cm³/mol. The van der Waals surface area contributed by atoms with Crippen molar-refractivity contribution in [3.63, 3.8) is 0 Å². The van der Waals surface area contributed by atoms with E-state index in [-0.39, 0.29) is 24.0 Å². The van der Waals surface area contributed by atoms with Crippen molar-refractivity contribution in [2.75, 3.05) is 45.8 Å². The number of nitrogens with zero attached hydrogens (tertiary/aromatic N) is 2. The Kier molecular flexibility index (Phi) is 3.09. The van der Waals surface area contributed by atoms with Gasteiger partial charge in [-0.2, -0.15) is 0 Å². The van der Waals surface area contributed by atoms with Crippen molar-refractivity contribution in [1.82, 2.24) is 25.8 Å². The maximum absolute atomic E-state index is 12.3. The normalized spacial score (nSPS) is 32.1. The molecule has 3 rings (SSSR count). The molecule has 3 saturated heterocycles. The molecule has 7 heteroatoms. The Bertz CT molecular complexity index is 355. The number of amides is 3. The SMILES string of the molecule is O=C(C1CNCCN1)N1CCN2C(=O)NCC2C1. The molecule has 0 bridgehead atoms. The van der Waals surface area contributed by atoms with E-state index in [4.69, 9.17) is 0 Å². The van der Waals surface area contributed by atoms with E-state index < -0.39 is 0 Å². The van der Waals surface area contributed by atoms with Crippen LogP contribution in [0.1, 0.15) is 0 Å². The van der Waals surface area contributed by atoms with Crippen LogP contribution in [-0.2, 0) is 4.79 Å². The van der Waals surface area contributed by atoms with Gasteiger partial charge >= 0.3 is 6.03 Å². The molecule has 3 aliphatic heterocycles. The van der Waals surface area contributed by atoms with Crippen LogP contribution in [0.15, 0.2) is 0 Å². The molecule has 2 atom stereocenters. The molecular weight excluding hydrogens is 234 g/mol. The second kappa shape index (κ2) is 4.74. The van der Waals surface area contributed by atoms with Gasteiger partial charge in [-0.15, -0.1) is 0 Å². The lowest BCUT2D eigenvalue weighted by molar-refractivity contribution is -0.135. The minimum absolute atomic E-state index is 0.00422. The van der Waals surface area contributed by atoms with Crippen LogP contribution in [0.2, 0.25) is 0 Å². The van der Waals surface area contributed by atoms with Crippen LogP contribution < -0.4 is 16.0 Å². The molecule has 0 radical (unpaired) electrons. The van der Waals surface area contributed by atoms with Gasteiger partial charge < -0.3 is 25.8 Å². The number of carbonyl (C=O) groups excluding carboxylic acids is 2. The first-order valence-electron chi connectivity index (χ1n) is 6.53. The number of urea groups is 1. The van der Waals surface area contributed by atoms with Gasteiger partial charge in [0.2, 0.25) is 5.91 Å². The summed E-state index contributed by atoms with van der Waals surface area (Å²) in [5.41, 5.74) is 0. The fraction of sp³-hybridized carbons (Fsp3) is 0.818. The quantitative estimate of drug-likeness (QED) is 0.495. The number of carbonyl (C=O) groups is 2. The summed E-state index contributed by atoms with van der Waals surface area (Å²) >= 11 is 0. The number of fused-ring (bicyclic) bond motifs is 1. The summed E-state index contributed by atoms with van der Waals surface area (Å²) in [6, 6.07) is 0.0340. The van der Waals surface area contributed by atoms with Crippen LogP contribution >= 0.6 is 0 Å². The topological polar surface area (TPSA) is 76.7 Å². The highest BCUT2D eigenvalue weighted by Gasteiger charge is 2.38. The van der Waals surface area contributed by atoms with E-state index in [1.54, 1.807) is 0 Å². The number of hydrogen-bond acceptors (Lipinski definition) is 4. The van der Waals surface area contributed by atoms with Gasteiger partial charge in [-0.25, -0.2) is 4.79 Å². The van der Waals surface area contributed by atoms with Crippen LogP contribution in [0.4, 0.5) is 4.79 Å². The smallest absolute Gasteiger partial charge is 0.317 e. The Morgan fingerprint density at radius 2 is 2.11 bits per heavy atom. The Morgan fingerprint density at radius 1 is 1.22 bits per heavy atom. The van der Waals surface area contributed by atoms with E-state index in [9.17, 15) is 9.59 Å². The summed E-state index contributed by atoms with van der Waals surface area (Å²) in [5.74, 6) is 0.154. The Balaban J connectivity index is 1.60. The minimum atomic E-state index is -0.115. The Morgan fingerprint density at radius 3 is 2.89 bits per heavy atom. The highest BCUT2D eigenvalue weighted by atomic mass is 16.2. The molecule has 7 nitrogen and oxygen atoms in total. The molecule has 0 aromatic heterocycles. The zero-order valence-electron chi connectivity index (χ0n) is 10.3. The van der Waals surface area contributed by atoms with Gasteiger partial charge in [0.25, 0.3) is 0 Å². The second-order valence-corrected chi connectivity index (χ2v) is 5.03. The standard InChI is InChI=1S/C11H19N5O2/c17-10(9-6-12-1-2-13-9)15-3-4-16-8(7-15)5-14-11(16)18/h8-9,12-13H,1-7H2,(H,14,18). The maximum Gasteiger partial charge on any atom is 0.317 e. The van der Waals surface area contributed by atoms with Crippen molar-refractivity contribution in [3.05, 3.63) is 0 Å².